The average Bonchev–Trinajstić information content (AvgIpc) is 2.54. The molecule has 1 amide bonds. The summed E-state index contributed by atoms with van der Waals surface area (Å²) in [5.74, 6) is -0.215. The second-order valence-electron chi connectivity index (χ2n) is 6.65. The predicted octanol–water partition coefficient (Wildman–Crippen LogP) is 1.77. The normalized spacial score (nSPS) is 12.5. The van der Waals surface area contributed by atoms with Gasteiger partial charge in [0, 0.05) is 32.2 Å². The van der Waals surface area contributed by atoms with Crippen molar-refractivity contribution >= 4 is 15.9 Å². The number of carbonyl (C=O) groups excluding carboxylic acids is 1. The summed E-state index contributed by atoms with van der Waals surface area (Å²) in [6.45, 7) is 9.28. The van der Waals surface area contributed by atoms with Gasteiger partial charge in [-0.25, -0.2) is 8.42 Å². The number of rotatable bonds is 8. The molecule has 0 aliphatic rings. The SMILES string of the molecule is CCN(CC)S(=O)(=O)c1cccc(C(=O)N(C)CC(C)(C)CN)c1. The van der Waals surface area contributed by atoms with E-state index in [1.807, 2.05) is 13.8 Å². The summed E-state index contributed by atoms with van der Waals surface area (Å²) in [6.07, 6.45) is 0. The predicted molar refractivity (Wildman–Crippen MR) is 96.3 cm³/mol. The molecule has 0 radical (unpaired) electrons. The minimum Gasteiger partial charge on any atom is -0.341 e. The van der Waals surface area contributed by atoms with Gasteiger partial charge in [-0.3, -0.25) is 4.79 Å². The van der Waals surface area contributed by atoms with E-state index >= 15 is 0 Å². The number of carbonyl (C=O) groups is 1. The van der Waals surface area contributed by atoms with Crippen LogP contribution >= 0.6 is 0 Å². The first kappa shape index (κ1) is 20.6. The van der Waals surface area contributed by atoms with Crippen LogP contribution in [0.25, 0.3) is 0 Å². The van der Waals surface area contributed by atoms with Gasteiger partial charge in [-0.2, -0.15) is 4.31 Å². The molecule has 0 atom stereocenters. The van der Waals surface area contributed by atoms with E-state index in [0.29, 0.717) is 31.7 Å². The lowest BCUT2D eigenvalue weighted by Gasteiger charge is -2.29. The third-order valence-electron chi connectivity index (χ3n) is 3.99. The Morgan fingerprint density at radius 2 is 1.79 bits per heavy atom. The molecule has 0 bridgehead atoms. The molecular formula is C17H29N3O3S. The molecule has 0 heterocycles. The maximum Gasteiger partial charge on any atom is 0.253 e. The van der Waals surface area contributed by atoms with Crippen LogP contribution in [0, 0.1) is 5.41 Å². The van der Waals surface area contributed by atoms with Crippen LogP contribution in [0.2, 0.25) is 0 Å². The van der Waals surface area contributed by atoms with Crippen molar-refractivity contribution < 1.29 is 13.2 Å². The van der Waals surface area contributed by atoms with Crippen molar-refractivity contribution in [3.63, 3.8) is 0 Å². The number of hydrogen-bond acceptors (Lipinski definition) is 4. The third kappa shape index (κ3) is 4.78. The van der Waals surface area contributed by atoms with Crippen LogP contribution in [0.15, 0.2) is 29.2 Å². The standard InChI is InChI=1S/C17H29N3O3S/c1-6-20(7-2)24(22,23)15-10-8-9-14(11-15)16(21)19(5)13-17(3,4)12-18/h8-11H,6-7,12-13,18H2,1-5H3. The van der Waals surface area contributed by atoms with Gasteiger partial charge < -0.3 is 10.6 Å². The summed E-state index contributed by atoms with van der Waals surface area (Å²) >= 11 is 0. The largest absolute Gasteiger partial charge is 0.341 e. The number of hydrogen-bond donors (Lipinski definition) is 1. The van der Waals surface area contributed by atoms with Crippen molar-refractivity contribution in [3.05, 3.63) is 29.8 Å². The first-order chi connectivity index (χ1) is 11.1. The topological polar surface area (TPSA) is 83.7 Å². The first-order valence-electron chi connectivity index (χ1n) is 8.14. The molecule has 136 valence electrons. The van der Waals surface area contributed by atoms with Crippen molar-refractivity contribution in [2.75, 3.05) is 33.2 Å². The van der Waals surface area contributed by atoms with Crippen LogP contribution in [-0.4, -0.2) is 56.8 Å². The molecule has 1 rings (SSSR count). The zero-order valence-electron chi connectivity index (χ0n) is 15.2. The molecule has 2 N–H and O–H groups in total. The Labute approximate surface area is 145 Å². The Kier molecular flexibility index (Phi) is 6.95. The highest BCUT2D eigenvalue weighted by Gasteiger charge is 2.25. The molecule has 1 aromatic carbocycles. The number of nitrogens with zero attached hydrogens (tertiary/aromatic N) is 2. The fourth-order valence-corrected chi connectivity index (χ4v) is 4.01. The van der Waals surface area contributed by atoms with Gasteiger partial charge in [-0.15, -0.1) is 0 Å². The summed E-state index contributed by atoms with van der Waals surface area (Å²) in [6, 6.07) is 6.21. The molecule has 0 saturated heterocycles. The maximum absolute atomic E-state index is 12.6. The molecule has 24 heavy (non-hydrogen) atoms. The van der Waals surface area contributed by atoms with E-state index in [1.165, 1.54) is 16.4 Å². The highest BCUT2D eigenvalue weighted by Crippen LogP contribution is 2.19. The van der Waals surface area contributed by atoms with Gasteiger partial charge in [0.25, 0.3) is 5.91 Å². The van der Waals surface area contributed by atoms with Crippen LogP contribution in [0.5, 0.6) is 0 Å². The summed E-state index contributed by atoms with van der Waals surface area (Å²) in [4.78, 5) is 14.3. The molecule has 0 aliphatic heterocycles. The van der Waals surface area contributed by atoms with Gasteiger partial charge in [0.15, 0.2) is 0 Å². The van der Waals surface area contributed by atoms with Crippen LogP contribution in [0.3, 0.4) is 0 Å². The van der Waals surface area contributed by atoms with Crippen LogP contribution in [0.4, 0.5) is 0 Å². The number of amides is 1. The van der Waals surface area contributed by atoms with E-state index in [9.17, 15) is 13.2 Å². The Balaban J connectivity index is 3.10. The second-order valence-corrected chi connectivity index (χ2v) is 8.58. The van der Waals surface area contributed by atoms with Crippen molar-refractivity contribution in [2.24, 2.45) is 11.1 Å². The lowest BCUT2D eigenvalue weighted by atomic mass is 9.93. The van der Waals surface area contributed by atoms with Gasteiger partial charge in [-0.1, -0.05) is 33.8 Å². The average molecular weight is 356 g/mol. The molecule has 0 fully saturated rings. The van der Waals surface area contributed by atoms with Crippen LogP contribution < -0.4 is 5.73 Å². The summed E-state index contributed by atoms with van der Waals surface area (Å²) in [5, 5.41) is 0. The van der Waals surface area contributed by atoms with E-state index < -0.39 is 10.0 Å². The number of sulfonamides is 1. The maximum atomic E-state index is 12.6. The van der Waals surface area contributed by atoms with E-state index in [-0.39, 0.29) is 16.2 Å². The Morgan fingerprint density at radius 1 is 1.21 bits per heavy atom. The Bertz CT molecular complexity index is 667. The van der Waals surface area contributed by atoms with Gasteiger partial charge in [-0.05, 0) is 30.2 Å². The summed E-state index contributed by atoms with van der Waals surface area (Å²) < 4.78 is 26.6. The number of benzene rings is 1. The van der Waals surface area contributed by atoms with Crippen LogP contribution in [-0.2, 0) is 10.0 Å². The molecular weight excluding hydrogens is 326 g/mol. The van der Waals surface area contributed by atoms with Gasteiger partial charge in [0.2, 0.25) is 10.0 Å². The zero-order chi connectivity index (χ0) is 18.5. The number of nitrogens with two attached hydrogens (primary N) is 1. The summed E-state index contributed by atoms with van der Waals surface area (Å²) in [5.41, 5.74) is 5.88. The third-order valence-corrected chi connectivity index (χ3v) is 6.03. The van der Waals surface area contributed by atoms with Crippen molar-refractivity contribution in [3.8, 4) is 0 Å². The molecule has 7 heteroatoms. The van der Waals surface area contributed by atoms with Crippen molar-refractivity contribution in [2.45, 2.75) is 32.6 Å². The molecule has 0 unspecified atom stereocenters. The smallest absolute Gasteiger partial charge is 0.253 e. The van der Waals surface area contributed by atoms with Crippen molar-refractivity contribution in [1.29, 1.82) is 0 Å². The van der Waals surface area contributed by atoms with Crippen LogP contribution in [0.1, 0.15) is 38.1 Å². The molecule has 0 saturated carbocycles. The molecule has 0 aromatic heterocycles. The fourth-order valence-electron chi connectivity index (χ4n) is 2.50. The molecule has 6 nitrogen and oxygen atoms in total. The lowest BCUT2D eigenvalue weighted by Crippen LogP contribution is -2.39. The Morgan fingerprint density at radius 3 is 2.29 bits per heavy atom. The quantitative estimate of drug-likeness (QED) is 0.770. The minimum atomic E-state index is -3.58. The lowest BCUT2D eigenvalue weighted by molar-refractivity contribution is 0.0740. The van der Waals surface area contributed by atoms with Gasteiger partial charge >= 0.3 is 0 Å². The zero-order valence-corrected chi connectivity index (χ0v) is 16.1. The van der Waals surface area contributed by atoms with E-state index in [1.54, 1.807) is 37.9 Å². The first-order valence-corrected chi connectivity index (χ1v) is 9.58. The van der Waals surface area contributed by atoms with Gasteiger partial charge in [0.1, 0.15) is 0 Å². The highest BCUT2D eigenvalue weighted by molar-refractivity contribution is 7.89. The molecule has 0 spiro atoms. The fraction of sp³-hybridized carbons (Fsp3) is 0.588. The molecule has 1 aromatic rings. The second kappa shape index (κ2) is 8.09. The Hall–Kier alpha value is -1.44. The minimum absolute atomic E-state index is 0.142. The van der Waals surface area contributed by atoms with E-state index in [4.69, 9.17) is 5.73 Å². The van der Waals surface area contributed by atoms with E-state index in [0.717, 1.165) is 0 Å². The van der Waals surface area contributed by atoms with Gasteiger partial charge in [0.05, 0.1) is 4.90 Å². The molecule has 0 aliphatic carbocycles. The van der Waals surface area contributed by atoms with E-state index in [2.05, 4.69) is 0 Å². The highest BCUT2D eigenvalue weighted by atomic mass is 32.2. The van der Waals surface area contributed by atoms with Crippen molar-refractivity contribution in [1.82, 2.24) is 9.21 Å². The monoisotopic (exact) mass is 355 g/mol. The summed E-state index contributed by atoms with van der Waals surface area (Å²) in [7, 11) is -1.88.